The Balaban J connectivity index is 0.00000220. The second-order valence-corrected chi connectivity index (χ2v) is 4.78. The lowest BCUT2D eigenvalue weighted by molar-refractivity contribution is 0.0950. The molecule has 0 spiro atoms. The molecule has 0 aliphatic carbocycles. The summed E-state index contributed by atoms with van der Waals surface area (Å²) in [5, 5.41) is 3.45. The van der Waals surface area contributed by atoms with Crippen molar-refractivity contribution in [2.24, 2.45) is 0 Å². The molecule has 4 nitrogen and oxygen atoms in total. The van der Waals surface area contributed by atoms with Crippen molar-refractivity contribution in [3.63, 3.8) is 0 Å². The van der Waals surface area contributed by atoms with E-state index in [0.717, 1.165) is 16.9 Å². The van der Waals surface area contributed by atoms with Gasteiger partial charge in [-0.05, 0) is 36.8 Å². The highest BCUT2D eigenvalue weighted by molar-refractivity contribution is 6.30. The van der Waals surface area contributed by atoms with Gasteiger partial charge in [0.2, 0.25) is 0 Å². The number of aryl methyl sites for hydroxylation is 1. The highest BCUT2D eigenvalue weighted by Crippen LogP contribution is 2.27. The van der Waals surface area contributed by atoms with E-state index in [1.807, 2.05) is 13.0 Å². The number of methoxy groups -OCH3 is 1. The maximum atomic E-state index is 12.0. The summed E-state index contributed by atoms with van der Waals surface area (Å²) >= 11 is 6.03. The minimum atomic E-state index is -0.183. The Morgan fingerprint density at radius 3 is 2.81 bits per heavy atom. The van der Waals surface area contributed by atoms with Crippen molar-refractivity contribution in [3.05, 3.63) is 58.4 Å². The molecular formula is C15H16Cl2N2O2. The van der Waals surface area contributed by atoms with Gasteiger partial charge in [-0.25, -0.2) is 0 Å². The summed E-state index contributed by atoms with van der Waals surface area (Å²) in [6.07, 6.45) is 3.15. The number of carbonyl (C=O) groups is 1. The standard InChI is InChI=1S/C15H15ClN2O2.ClH/c1-10-6-13(16)7-12(14(10)20-2)9-18-15(19)11-4-3-5-17-8-11;/h3-8H,9H2,1-2H3,(H,18,19);1H. The molecule has 2 aromatic rings. The van der Waals surface area contributed by atoms with Crippen LogP contribution in [0.3, 0.4) is 0 Å². The lowest BCUT2D eigenvalue weighted by Gasteiger charge is -2.13. The molecule has 1 N–H and O–H groups in total. The van der Waals surface area contributed by atoms with Gasteiger partial charge in [0.15, 0.2) is 0 Å². The first-order chi connectivity index (χ1) is 9.61. The minimum absolute atomic E-state index is 0. The first-order valence-electron chi connectivity index (χ1n) is 6.13. The summed E-state index contributed by atoms with van der Waals surface area (Å²) in [7, 11) is 1.60. The molecule has 0 bridgehead atoms. The van der Waals surface area contributed by atoms with Crippen molar-refractivity contribution >= 4 is 29.9 Å². The third-order valence-corrected chi connectivity index (χ3v) is 3.10. The molecule has 0 aliphatic rings. The van der Waals surface area contributed by atoms with Crippen LogP contribution in [0.4, 0.5) is 0 Å². The molecule has 0 saturated heterocycles. The smallest absolute Gasteiger partial charge is 0.253 e. The maximum Gasteiger partial charge on any atom is 0.253 e. The molecule has 1 amide bonds. The van der Waals surface area contributed by atoms with Crippen LogP contribution in [-0.2, 0) is 6.54 Å². The molecule has 1 heterocycles. The van der Waals surface area contributed by atoms with Gasteiger partial charge in [0, 0.05) is 29.5 Å². The normalized spacial score (nSPS) is 9.67. The zero-order chi connectivity index (χ0) is 14.5. The first-order valence-corrected chi connectivity index (χ1v) is 6.51. The van der Waals surface area contributed by atoms with Crippen LogP contribution in [0.15, 0.2) is 36.7 Å². The third kappa shape index (κ3) is 4.34. The number of carbonyl (C=O) groups excluding carboxylic acids is 1. The molecule has 1 aromatic heterocycles. The van der Waals surface area contributed by atoms with E-state index in [2.05, 4.69) is 10.3 Å². The monoisotopic (exact) mass is 326 g/mol. The number of amides is 1. The number of rotatable bonds is 4. The van der Waals surface area contributed by atoms with E-state index >= 15 is 0 Å². The van der Waals surface area contributed by atoms with Crippen LogP contribution >= 0.6 is 24.0 Å². The molecule has 0 radical (unpaired) electrons. The Morgan fingerprint density at radius 1 is 1.43 bits per heavy atom. The predicted octanol–water partition coefficient (Wildman–Crippen LogP) is 3.40. The van der Waals surface area contributed by atoms with Gasteiger partial charge in [-0.15, -0.1) is 12.4 Å². The lowest BCUT2D eigenvalue weighted by atomic mass is 10.1. The lowest BCUT2D eigenvalue weighted by Crippen LogP contribution is -2.23. The number of hydrogen-bond donors (Lipinski definition) is 1. The van der Waals surface area contributed by atoms with Crippen molar-refractivity contribution in [2.45, 2.75) is 13.5 Å². The molecule has 0 unspecified atom stereocenters. The quantitative estimate of drug-likeness (QED) is 0.936. The summed E-state index contributed by atoms with van der Waals surface area (Å²) in [6, 6.07) is 7.05. The fourth-order valence-electron chi connectivity index (χ4n) is 2.00. The molecule has 112 valence electrons. The Hall–Kier alpha value is -1.78. The molecule has 0 saturated carbocycles. The van der Waals surface area contributed by atoms with E-state index in [-0.39, 0.29) is 18.3 Å². The van der Waals surface area contributed by atoms with E-state index in [4.69, 9.17) is 16.3 Å². The number of benzene rings is 1. The molecule has 2 rings (SSSR count). The van der Waals surface area contributed by atoms with E-state index in [1.165, 1.54) is 6.20 Å². The maximum absolute atomic E-state index is 12.0. The van der Waals surface area contributed by atoms with E-state index in [1.54, 1.807) is 31.5 Å². The average Bonchev–Trinajstić information content (AvgIpc) is 2.45. The van der Waals surface area contributed by atoms with Crippen LogP contribution in [0.1, 0.15) is 21.5 Å². The Labute approximate surface area is 134 Å². The predicted molar refractivity (Wildman–Crippen MR) is 85.4 cm³/mol. The second-order valence-electron chi connectivity index (χ2n) is 4.34. The summed E-state index contributed by atoms with van der Waals surface area (Å²) in [4.78, 5) is 15.9. The van der Waals surface area contributed by atoms with Crippen LogP contribution in [-0.4, -0.2) is 18.0 Å². The second kappa shape index (κ2) is 7.86. The van der Waals surface area contributed by atoms with Crippen LogP contribution < -0.4 is 10.1 Å². The van der Waals surface area contributed by atoms with E-state index in [9.17, 15) is 4.79 Å². The fraction of sp³-hybridized carbons (Fsp3) is 0.200. The van der Waals surface area contributed by atoms with Crippen LogP contribution in [0, 0.1) is 6.92 Å². The number of pyridine rings is 1. The van der Waals surface area contributed by atoms with Crippen molar-refractivity contribution < 1.29 is 9.53 Å². The Morgan fingerprint density at radius 2 is 2.19 bits per heavy atom. The van der Waals surface area contributed by atoms with Gasteiger partial charge in [0.05, 0.1) is 12.7 Å². The number of nitrogens with one attached hydrogen (secondary N) is 1. The molecule has 21 heavy (non-hydrogen) atoms. The van der Waals surface area contributed by atoms with E-state index in [0.29, 0.717) is 17.1 Å². The largest absolute Gasteiger partial charge is 0.496 e. The van der Waals surface area contributed by atoms with Crippen molar-refractivity contribution in [3.8, 4) is 5.75 Å². The average molecular weight is 327 g/mol. The summed E-state index contributed by atoms with van der Waals surface area (Å²) in [6.45, 7) is 2.26. The van der Waals surface area contributed by atoms with Gasteiger partial charge in [0.25, 0.3) is 5.91 Å². The number of hydrogen-bond acceptors (Lipinski definition) is 3. The highest BCUT2D eigenvalue weighted by atomic mass is 35.5. The van der Waals surface area contributed by atoms with Crippen molar-refractivity contribution in [1.29, 1.82) is 0 Å². The Bertz CT molecular complexity index is 619. The fourth-order valence-corrected chi connectivity index (χ4v) is 2.29. The zero-order valence-corrected chi connectivity index (χ0v) is 13.3. The van der Waals surface area contributed by atoms with Crippen LogP contribution in [0.2, 0.25) is 5.02 Å². The molecule has 6 heteroatoms. The molecular weight excluding hydrogens is 311 g/mol. The van der Waals surface area contributed by atoms with Crippen LogP contribution in [0.25, 0.3) is 0 Å². The van der Waals surface area contributed by atoms with Crippen molar-refractivity contribution in [1.82, 2.24) is 10.3 Å². The van der Waals surface area contributed by atoms with Gasteiger partial charge in [0.1, 0.15) is 5.75 Å². The number of nitrogens with zero attached hydrogens (tertiary/aromatic N) is 1. The van der Waals surface area contributed by atoms with Gasteiger partial charge < -0.3 is 10.1 Å². The van der Waals surface area contributed by atoms with Gasteiger partial charge >= 0.3 is 0 Å². The Kier molecular flexibility index (Phi) is 6.46. The van der Waals surface area contributed by atoms with Crippen LogP contribution in [0.5, 0.6) is 5.75 Å². The van der Waals surface area contributed by atoms with Gasteiger partial charge in [-0.3, -0.25) is 9.78 Å². The first kappa shape index (κ1) is 17.3. The van der Waals surface area contributed by atoms with Crippen molar-refractivity contribution in [2.75, 3.05) is 7.11 Å². The summed E-state index contributed by atoms with van der Waals surface area (Å²) in [5.41, 5.74) is 2.30. The summed E-state index contributed by atoms with van der Waals surface area (Å²) < 4.78 is 5.35. The number of ether oxygens (including phenoxy) is 1. The molecule has 0 atom stereocenters. The van der Waals surface area contributed by atoms with E-state index < -0.39 is 0 Å². The van der Waals surface area contributed by atoms with Gasteiger partial charge in [-0.2, -0.15) is 0 Å². The number of aromatic nitrogens is 1. The highest BCUT2D eigenvalue weighted by Gasteiger charge is 2.10. The minimum Gasteiger partial charge on any atom is -0.496 e. The topological polar surface area (TPSA) is 51.2 Å². The third-order valence-electron chi connectivity index (χ3n) is 2.88. The van der Waals surface area contributed by atoms with Gasteiger partial charge in [-0.1, -0.05) is 11.6 Å². The molecule has 1 aromatic carbocycles. The number of halogens is 2. The summed E-state index contributed by atoms with van der Waals surface area (Å²) in [5.74, 6) is 0.554. The molecule has 0 aliphatic heterocycles. The SMILES string of the molecule is COc1c(C)cc(Cl)cc1CNC(=O)c1cccnc1.Cl. The zero-order valence-electron chi connectivity index (χ0n) is 11.7. The molecule has 0 fully saturated rings.